The first-order valence-electron chi connectivity index (χ1n) is 6.95. The lowest BCUT2D eigenvalue weighted by Crippen LogP contribution is -2.33. The highest BCUT2D eigenvalue weighted by Crippen LogP contribution is 2.06. The second kappa shape index (κ2) is 8.13. The molecule has 2 amide bonds. The zero-order chi connectivity index (χ0) is 15.8. The quantitative estimate of drug-likeness (QED) is 0.696. The number of hydrogen-bond donors (Lipinski definition) is 3. The number of anilines is 1. The maximum Gasteiger partial charge on any atom is 0.321 e. The van der Waals surface area contributed by atoms with E-state index in [1.54, 1.807) is 6.92 Å². The number of aromatic nitrogens is 3. The van der Waals surface area contributed by atoms with Crippen LogP contribution in [0.4, 0.5) is 10.7 Å². The lowest BCUT2D eigenvalue weighted by molar-refractivity contribution is -0.137. The minimum atomic E-state index is -0.889. The number of urea groups is 1. The third-order valence-corrected chi connectivity index (χ3v) is 2.87. The summed E-state index contributed by atoms with van der Waals surface area (Å²) in [6.45, 7) is 5.94. The summed E-state index contributed by atoms with van der Waals surface area (Å²) in [5.41, 5.74) is 1.63. The second-order valence-corrected chi connectivity index (χ2v) is 4.77. The van der Waals surface area contributed by atoms with Gasteiger partial charge in [-0.1, -0.05) is 20.8 Å². The van der Waals surface area contributed by atoms with Crippen LogP contribution in [0.15, 0.2) is 0 Å². The van der Waals surface area contributed by atoms with Crippen molar-refractivity contribution in [1.82, 2.24) is 20.5 Å². The molecule has 0 aliphatic heterocycles. The molecule has 0 spiro atoms. The standard InChI is InChI=1S/C13H21N5O3/c1-4-9-10(5-2)17-18-12(15-9)16-13(21)14-7-8(3)6-11(19)20/h8H,4-7H2,1-3H3,(H,19,20)(H2,14,15,16,18,21). The Kier molecular flexibility index (Phi) is 6.51. The Morgan fingerprint density at radius 3 is 2.43 bits per heavy atom. The van der Waals surface area contributed by atoms with E-state index >= 15 is 0 Å². The van der Waals surface area contributed by atoms with Gasteiger partial charge in [-0.05, 0) is 18.8 Å². The van der Waals surface area contributed by atoms with Crippen molar-refractivity contribution in [2.75, 3.05) is 11.9 Å². The molecule has 8 nitrogen and oxygen atoms in total. The summed E-state index contributed by atoms with van der Waals surface area (Å²) in [5, 5.41) is 21.6. The minimum absolute atomic E-state index is 0.00349. The van der Waals surface area contributed by atoms with Gasteiger partial charge in [0.15, 0.2) is 0 Å². The number of carboxylic acid groups (broad SMARTS) is 1. The molecule has 0 radical (unpaired) electrons. The van der Waals surface area contributed by atoms with E-state index in [-0.39, 0.29) is 24.8 Å². The Morgan fingerprint density at radius 1 is 1.19 bits per heavy atom. The molecule has 1 heterocycles. The summed E-state index contributed by atoms with van der Waals surface area (Å²) in [7, 11) is 0. The van der Waals surface area contributed by atoms with Crippen LogP contribution in [-0.4, -0.2) is 38.8 Å². The first-order valence-corrected chi connectivity index (χ1v) is 6.95. The maximum atomic E-state index is 11.7. The predicted molar refractivity (Wildman–Crippen MR) is 77.0 cm³/mol. The van der Waals surface area contributed by atoms with Gasteiger partial charge in [0, 0.05) is 13.0 Å². The third kappa shape index (κ3) is 5.72. The van der Waals surface area contributed by atoms with Gasteiger partial charge in [0.1, 0.15) is 0 Å². The fourth-order valence-corrected chi connectivity index (χ4v) is 1.77. The van der Waals surface area contributed by atoms with Crippen LogP contribution in [0.25, 0.3) is 0 Å². The van der Waals surface area contributed by atoms with Crippen LogP contribution in [-0.2, 0) is 17.6 Å². The van der Waals surface area contributed by atoms with Crippen molar-refractivity contribution in [3.8, 4) is 0 Å². The summed E-state index contributed by atoms with van der Waals surface area (Å²) in [5.74, 6) is -0.895. The molecule has 0 saturated carbocycles. The van der Waals surface area contributed by atoms with Gasteiger partial charge in [-0.2, -0.15) is 0 Å². The topological polar surface area (TPSA) is 117 Å². The highest BCUT2D eigenvalue weighted by Gasteiger charge is 2.11. The van der Waals surface area contributed by atoms with Crippen molar-refractivity contribution in [1.29, 1.82) is 0 Å². The number of nitrogens with zero attached hydrogens (tertiary/aromatic N) is 3. The summed E-state index contributed by atoms with van der Waals surface area (Å²) in [6, 6.07) is -0.472. The van der Waals surface area contributed by atoms with Crippen molar-refractivity contribution in [2.24, 2.45) is 5.92 Å². The number of carbonyl (C=O) groups is 2. The summed E-state index contributed by atoms with van der Waals surface area (Å²) >= 11 is 0. The van der Waals surface area contributed by atoms with E-state index < -0.39 is 12.0 Å². The van der Waals surface area contributed by atoms with Crippen molar-refractivity contribution in [3.05, 3.63) is 11.4 Å². The van der Waals surface area contributed by atoms with E-state index in [1.165, 1.54) is 0 Å². The largest absolute Gasteiger partial charge is 0.481 e. The molecule has 1 aromatic heterocycles. The van der Waals surface area contributed by atoms with Gasteiger partial charge in [-0.3, -0.25) is 10.1 Å². The van der Waals surface area contributed by atoms with Gasteiger partial charge in [0.05, 0.1) is 11.4 Å². The van der Waals surface area contributed by atoms with Gasteiger partial charge >= 0.3 is 12.0 Å². The number of nitrogens with one attached hydrogen (secondary N) is 2. The molecule has 0 aliphatic carbocycles. The molecular weight excluding hydrogens is 274 g/mol. The Morgan fingerprint density at radius 2 is 1.86 bits per heavy atom. The van der Waals surface area contributed by atoms with E-state index in [0.717, 1.165) is 17.8 Å². The number of aliphatic carboxylic acids is 1. The molecule has 116 valence electrons. The minimum Gasteiger partial charge on any atom is -0.481 e. The van der Waals surface area contributed by atoms with E-state index in [9.17, 15) is 9.59 Å². The van der Waals surface area contributed by atoms with Crippen LogP contribution >= 0.6 is 0 Å². The fourth-order valence-electron chi connectivity index (χ4n) is 1.77. The van der Waals surface area contributed by atoms with Gasteiger partial charge in [0.2, 0.25) is 0 Å². The number of hydrogen-bond acceptors (Lipinski definition) is 5. The summed E-state index contributed by atoms with van der Waals surface area (Å²) in [4.78, 5) is 26.4. The van der Waals surface area contributed by atoms with E-state index in [4.69, 9.17) is 5.11 Å². The number of rotatable bonds is 7. The summed E-state index contributed by atoms with van der Waals surface area (Å²) < 4.78 is 0. The number of amides is 2. The second-order valence-electron chi connectivity index (χ2n) is 4.77. The van der Waals surface area contributed by atoms with E-state index in [2.05, 4.69) is 25.8 Å². The van der Waals surface area contributed by atoms with Gasteiger partial charge in [-0.25, -0.2) is 9.78 Å². The van der Waals surface area contributed by atoms with Crippen LogP contribution in [0.2, 0.25) is 0 Å². The molecular formula is C13H21N5O3. The van der Waals surface area contributed by atoms with Crippen molar-refractivity contribution >= 4 is 17.9 Å². The summed E-state index contributed by atoms with van der Waals surface area (Å²) in [6.07, 6.45) is 1.45. The maximum absolute atomic E-state index is 11.7. The van der Waals surface area contributed by atoms with Gasteiger partial charge in [-0.15, -0.1) is 10.2 Å². The van der Waals surface area contributed by atoms with Crippen LogP contribution in [0.1, 0.15) is 38.6 Å². The molecule has 0 fully saturated rings. The molecule has 1 atom stereocenters. The van der Waals surface area contributed by atoms with Gasteiger partial charge in [0.25, 0.3) is 5.95 Å². The first kappa shape index (κ1) is 16.8. The number of carbonyl (C=O) groups excluding carboxylic acids is 1. The predicted octanol–water partition coefficient (Wildman–Crippen LogP) is 1.23. The van der Waals surface area contributed by atoms with Crippen LogP contribution < -0.4 is 10.6 Å². The van der Waals surface area contributed by atoms with E-state index in [1.807, 2.05) is 13.8 Å². The molecule has 1 rings (SSSR count). The molecule has 3 N–H and O–H groups in total. The Hall–Kier alpha value is -2.25. The zero-order valence-corrected chi connectivity index (χ0v) is 12.5. The molecule has 1 unspecified atom stereocenters. The van der Waals surface area contributed by atoms with Crippen molar-refractivity contribution < 1.29 is 14.7 Å². The third-order valence-electron chi connectivity index (χ3n) is 2.87. The van der Waals surface area contributed by atoms with E-state index in [0.29, 0.717) is 6.42 Å². The van der Waals surface area contributed by atoms with Gasteiger partial charge < -0.3 is 10.4 Å². The number of aryl methyl sites for hydroxylation is 2. The van der Waals surface area contributed by atoms with Crippen LogP contribution in [0.3, 0.4) is 0 Å². The Labute approximate surface area is 123 Å². The molecule has 0 saturated heterocycles. The molecule has 0 bridgehead atoms. The Balaban J connectivity index is 2.53. The molecule has 21 heavy (non-hydrogen) atoms. The highest BCUT2D eigenvalue weighted by molar-refractivity contribution is 5.87. The SMILES string of the molecule is CCc1nnc(NC(=O)NCC(C)CC(=O)O)nc1CC. The highest BCUT2D eigenvalue weighted by atomic mass is 16.4. The molecule has 1 aromatic rings. The van der Waals surface area contributed by atoms with Crippen molar-refractivity contribution in [3.63, 3.8) is 0 Å². The Bertz CT molecular complexity index is 507. The van der Waals surface area contributed by atoms with Crippen LogP contribution in [0, 0.1) is 5.92 Å². The first-order chi connectivity index (χ1) is 9.96. The van der Waals surface area contributed by atoms with Crippen LogP contribution in [0.5, 0.6) is 0 Å². The average molecular weight is 295 g/mol. The lowest BCUT2D eigenvalue weighted by atomic mass is 10.1. The smallest absolute Gasteiger partial charge is 0.321 e. The van der Waals surface area contributed by atoms with Crippen molar-refractivity contribution in [2.45, 2.75) is 40.0 Å². The average Bonchev–Trinajstić information content (AvgIpc) is 2.44. The zero-order valence-electron chi connectivity index (χ0n) is 12.5. The molecule has 0 aliphatic rings. The lowest BCUT2D eigenvalue weighted by Gasteiger charge is -2.11. The molecule has 8 heteroatoms. The normalized spacial score (nSPS) is 11.8. The monoisotopic (exact) mass is 295 g/mol. The molecule has 0 aromatic carbocycles. The number of carboxylic acids is 1. The fraction of sp³-hybridized carbons (Fsp3) is 0.615.